The van der Waals surface area contributed by atoms with Gasteiger partial charge in [-0.3, -0.25) is 0 Å². The van der Waals surface area contributed by atoms with Gasteiger partial charge in [-0.15, -0.1) is 0 Å². The second-order valence-electron chi connectivity index (χ2n) is 15.7. The lowest BCUT2D eigenvalue weighted by Crippen LogP contribution is -1.83. The van der Waals surface area contributed by atoms with Crippen LogP contribution in [0.3, 0.4) is 0 Å². The van der Waals surface area contributed by atoms with Crippen LogP contribution in [-0.2, 0) is 0 Å². The van der Waals surface area contributed by atoms with Crippen LogP contribution in [0.15, 0.2) is 0 Å². The topological polar surface area (TPSA) is 0 Å². The predicted molar refractivity (Wildman–Crippen MR) is 228 cm³/mol. The molecule has 294 valence electrons. The highest BCUT2D eigenvalue weighted by molar-refractivity contribution is 4.51. The lowest BCUT2D eigenvalue weighted by atomic mass is 10.0. The van der Waals surface area contributed by atoms with Crippen LogP contribution < -0.4 is 0 Å². The van der Waals surface area contributed by atoms with Gasteiger partial charge in [0.2, 0.25) is 0 Å². The van der Waals surface area contributed by atoms with Crippen LogP contribution in [0.1, 0.15) is 311 Å². The van der Waals surface area contributed by atoms with Crippen LogP contribution in [0.25, 0.3) is 0 Å². The number of unbranched alkanes of at least 4 members (excludes halogenated alkanes) is 39. The molecule has 0 atom stereocenters. The molecule has 0 saturated heterocycles. The van der Waals surface area contributed by atoms with Crippen molar-refractivity contribution in [2.45, 2.75) is 311 Å². The van der Waals surface area contributed by atoms with E-state index in [1.807, 2.05) is 0 Å². The summed E-state index contributed by atoms with van der Waals surface area (Å²) in [6.45, 7) is 13.7. The Morgan fingerprint density at radius 1 is 0.104 bits per heavy atom. The predicted octanol–water partition coefficient (Wildman–Crippen LogP) is 19.5. The summed E-state index contributed by atoms with van der Waals surface area (Å²) >= 11 is 0. The summed E-state index contributed by atoms with van der Waals surface area (Å²) in [5, 5.41) is 0. The van der Waals surface area contributed by atoms with Gasteiger partial charge >= 0.3 is 0 Å². The van der Waals surface area contributed by atoms with Gasteiger partial charge in [0.15, 0.2) is 0 Å². The van der Waals surface area contributed by atoms with Gasteiger partial charge < -0.3 is 0 Å². The van der Waals surface area contributed by atoms with Crippen LogP contribution in [0, 0.1) is 0 Å². The zero-order chi connectivity index (χ0) is 35.7. The average molecular weight is 679 g/mol. The molecule has 0 amide bonds. The van der Waals surface area contributed by atoms with E-state index in [1.165, 1.54) is 270 Å². The lowest BCUT2D eigenvalue weighted by Gasteiger charge is -2.03. The Morgan fingerprint density at radius 3 is 0.229 bits per heavy atom. The Balaban J connectivity index is -0.000000638. The summed E-state index contributed by atoms with van der Waals surface area (Å²) in [4.78, 5) is 0. The molecule has 0 saturated carbocycles. The van der Waals surface area contributed by atoms with Crippen molar-refractivity contribution < 1.29 is 0 Å². The van der Waals surface area contributed by atoms with E-state index in [9.17, 15) is 0 Å². The van der Waals surface area contributed by atoms with Gasteiger partial charge in [-0.1, -0.05) is 311 Å². The molecule has 0 N–H and O–H groups in total. The molecule has 0 rings (SSSR count). The smallest absolute Gasteiger partial charge is 0.0533 e. The standard InChI is InChI=1S/C18H38.C16H34.C14H30/c1-3-5-7-9-11-13-15-17-18-16-14-12-10-8-6-4-2;1-3-5-7-9-11-13-15-16-14-12-10-8-6-4-2;1-3-5-7-9-11-13-14-12-10-8-6-4-2/h3-18H2,1-2H3;3-16H2,1-2H3;3-14H2,1-2H3. The third-order valence-electron chi connectivity index (χ3n) is 10.4. The molecule has 0 radical (unpaired) electrons. The second-order valence-corrected chi connectivity index (χ2v) is 15.7. The van der Waals surface area contributed by atoms with Gasteiger partial charge in [-0.2, -0.15) is 0 Å². The van der Waals surface area contributed by atoms with Crippen molar-refractivity contribution in [2.24, 2.45) is 0 Å². The van der Waals surface area contributed by atoms with E-state index in [-0.39, 0.29) is 0 Å². The molecule has 0 spiro atoms. The molecule has 0 fully saturated rings. The lowest BCUT2D eigenvalue weighted by molar-refractivity contribution is 0.531. The second kappa shape index (κ2) is 56.4. The minimum absolute atomic E-state index is 1.37. The van der Waals surface area contributed by atoms with Gasteiger partial charge in [0.05, 0.1) is 0 Å². The van der Waals surface area contributed by atoms with E-state index in [4.69, 9.17) is 0 Å². The van der Waals surface area contributed by atoms with Crippen molar-refractivity contribution in [3.8, 4) is 0 Å². The fraction of sp³-hybridized carbons (Fsp3) is 1.00. The Kier molecular flexibility index (Phi) is 61.5. The fourth-order valence-corrected chi connectivity index (χ4v) is 6.80. The maximum Gasteiger partial charge on any atom is -0.0533 e. The normalized spacial score (nSPS) is 10.9. The quantitative estimate of drug-likeness (QED) is 0.0568. The van der Waals surface area contributed by atoms with Crippen LogP contribution in [-0.4, -0.2) is 0 Å². The summed E-state index contributed by atoms with van der Waals surface area (Å²) in [5.74, 6) is 0. The van der Waals surface area contributed by atoms with E-state index < -0.39 is 0 Å². The number of hydrogen-bond acceptors (Lipinski definition) is 0. The largest absolute Gasteiger partial charge is 0.0654 e. The third-order valence-corrected chi connectivity index (χ3v) is 10.4. The molecule has 0 aromatic carbocycles. The first-order valence-electron chi connectivity index (χ1n) is 23.7. The molecule has 0 nitrogen and oxygen atoms in total. The molecule has 0 heterocycles. The monoisotopic (exact) mass is 679 g/mol. The Morgan fingerprint density at radius 2 is 0.167 bits per heavy atom. The maximum absolute atomic E-state index is 2.29. The Bertz CT molecular complexity index is 411. The maximum atomic E-state index is 2.29. The number of hydrogen-bond donors (Lipinski definition) is 0. The van der Waals surface area contributed by atoms with Crippen molar-refractivity contribution in [3.63, 3.8) is 0 Å². The van der Waals surface area contributed by atoms with Gasteiger partial charge in [-0.25, -0.2) is 0 Å². The summed E-state index contributed by atoms with van der Waals surface area (Å²) in [5.41, 5.74) is 0. The summed E-state index contributed by atoms with van der Waals surface area (Å²) < 4.78 is 0. The molecule has 0 heteroatoms. The fourth-order valence-electron chi connectivity index (χ4n) is 6.80. The van der Waals surface area contributed by atoms with E-state index in [1.54, 1.807) is 0 Å². The first-order valence-corrected chi connectivity index (χ1v) is 23.7. The summed E-state index contributed by atoms with van der Waals surface area (Å²) in [6, 6.07) is 0. The van der Waals surface area contributed by atoms with Crippen molar-refractivity contribution in [2.75, 3.05) is 0 Å². The molecule has 0 aliphatic rings. The van der Waals surface area contributed by atoms with Crippen molar-refractivity contribution in [1.82, 2.24) is 0 Å². The van der Waals surface area contributed by atoms with Crippen LogP contribution in [0.2, 0.25) is 0 Å². The summed E-state index contributed by atoms with van der Waals surface area (Å²) in [6.07, 6.45) is 61.3. The van der Waals surface area contributed by atoms with E-state index >= 15 is 0 Å². The zero-order valence-electron chi connectivity index (χ0n) is 35.7. The zero-order valence-corrected chi connectivity index (χ0v) is 35.7. The molecular formula is C48H102. The van der Waals surface area contributed by atoms with Crippen molar-refractivity contribution in [3.05, 3.63) is 0 Å². The Hall–Kier alpha value is 0. The first-order chi connectivity index (χ1) is 23.7. The highest BCUT2D eigenvalue weighted by Crippen LogP contribution is 2.15. The highest BCUT2D eigenvalue weighted by atomic mass is 14.0. The molecule has 0 aliphatic carbocycles. The average Bonchev–Trinajstić information content (AvgIpc) is 3.10. The van der Waals surface area contributed by atoms with Gasteiger partial charge in [-0.05, 0) is 0 Å². The third kappa shape index (κ3) is 61.2. The van der Waals surface area contributed by atoms with Crippen LogP contribution in [0.4, 0.5) is 0 Å². The molecule has 48 heavy (non-hydrogen) atoms. The van der Waals surface area contributed by atoms with Gasteiger partial charge in [0.25, 0.3) is 0 Å². The minimum Gasteiger partial charge on any atom is -0.0654 e. The molecule has 0 aromatic rings. The van der Waals surface area contributed by atoms with Gasteiger partial charge in [0, 0.05) is 0 Å². The molecule has 0 bridgehead atoms. The summed E-state index contributed by atoms with van der Waals surface area (Å²) in [7, 11) is 0. The van der Waals surface area contributed by atoms with Crippen molar-refractivity contribution in [1.29, 1.82) is 0 Å². The van der Waals surface area contributed by atoms with Crippen molar-refractivity contribution >= 4 is 0 Å². The minimum atomic E-state index is 1.37. The van der Waals surface area contributed by atoms with Crippen LogP contribution >= 0.6 is 0 Å². The highest BCUT2D eigenvalue weighted by Gasteiger charge is 1.95. The SMILES string of the molecule is CCCCCCCCCCCCCC.CCCCCCCCCCCCCCCC.CCCCCCCCCCCCCCCCCC. The van der Waals surface area contributed by atoms with Gasteiger partial charge in [0.1, 0.15) is 0 Å². The van der Waals surface area contributed by atoms with Crippen LogP contribution in [0.5, 0.6) is 0 Å². The molecule has 0 aliphatic heterocycles. The van der Waals surface area contributed by atoms with E-state index in [0.29, 0.717) is 0 Å². The molecular weight excluding hydrogens is 577 g/mol. The first kappa shape index (κ1) is 52.4. The molecule has 0 unspecified atom stereocenters. The Labute approximate surface area is 310 Å². The van der Waals surface area contributed by atoms with E-state index in [2.05, 4.69) is 41.5 Å². The number of rotatable bonds is 39. The molecule has 0 aromatic heterocycles. The van der Waals surface area contributed by atoms with E-state index in [0.717, 1.165) is 0 Å².